The van der Waals surface area contributed by atoms with Crippen molar-refractivity contribution in [3.63, 3.8) is 0 Å². The molecular weight excluding hydrogens is 232 g/mol. The molecule has 2 atom stereocenters. The fourth-order valence-electron chi connectivity index (χ4n) is 2.29. The molecule has 3 rings (SSSR count). The summed E-state index contributed by atoms with van der Waals surface area (Å²) in [5.41, 5.74) is 1.08. The minimum atomic E-state index is 0.0647. The molecule has 0 aromatic carbocycles. The van der Waals surface area contributed by atoms with Crippen LogP contribution in [0.2, 0.25) is 0 Å². The van der Waals surface area contributed by atoms with E-state index in [0.717, 1.165) is 5.56 Å². The van der Waals surface area contributed by atoms with Crippen LogP contribution in [0.25, 0.3) is 0 Å². The zero-order valence-electron chi connectivity index (χ0n) is 9.17. The van der Waals surface area contributed by atoms with Gasteiger partial charge in [-0.1, -0.05) is 12.1 Å². The van der Waals surface area contributed by atoms with Crippen LogP contribution in [0.15, 0.2) is 42.0 Å². The summed E-state index contributed by atoms with van der Waals surface area (Å²) in [7, 11) is 0. The van der Waals surface area contributed by atoms with Crippen LogP contribution in [0.4, 0.5) is 0 Å². The highest BCUT2D eigenvalue weighted by atomic mass is 32.1. The lowest BCUT2D eigenvalue weighted by Crippen LogP contribution is -2.20. The topological polar surface area (TPSA) is 42.0 Å². The number of amides is 1. The third-order valence-corrected chi connectivity index (χ3v) is 4.08. The van der Waals surface area contributed by atoms with E-state index in [9.17, 15) is 4.79 Å². The van der Waals surface area contributed by atoms with Gasteiger partial charge >= 0.3 is 0 Å². The molecule has 0 spiro atoms. The van der Waals surface area contributed by atoms with Gasteiger partial charge in [-0.05, 0) is 23.1 Å². The van der Waals surface area contributed by atoms with E-state index < -0.39 is 0 Å². The Hall–Kier alpha value is -1.68. The Morgan fingerprint density at radius 1 is 1.35 bits per heavy atom. The van der Waals surface area contributed by atoms with Crippen LogP contribution < -0.4 is 5.32 Å². The van der Waals surface area contributed by atoms with E-state index in [4.69, 9.17) is 0 Å². The van der Waals surface area contributed by atoms with E-state index in [1.54, 1.807) is 17.5 Å². The summed E-state index contributed by atoms with van der Waals surface area (Å²) in [6.07, 6.45) is 4.15. The maximum absolute atomic E-state index is 11.6. The molecule has 0 bridgehead atoms. The van der Waals surface area contributed by atoms with Crippen molar-refractivity contribution >= 4 is 17.2 Å². The van der Waals surface area contributed by atoms with E-state index in [-0.39, 0.29) is 17.9 Å². The smallest absolute Gasteiger partial charge is 0.221 e. The number of nitrogens with zero attached hydrogens (tertiary/aromatic N) is 1. The number of hydrogen-bond acceptors (Lipinski definition) is 3. The summed E-state index contributed by atoms with van der Waals surface area (Å²) >= 11 is 1.71. The quantitative estimate of drug-likeness (QED) is 0.881. The Kier molecular flexibility index (Phi) is 2.65. The maximum atomic E-state index is 11.6. The first-order valence-corrected chi connectivity index (χ1v) is 6.45. The van der Waals surface area contributed by atoms with Crippen LogP contribution in [0.1, 0.15) is 28.8 Å². The van der Waals surface area contributed by atoms with E-state index >= 15 is 0 Å². The summed E-state index contributed by atoms with van der Waals surface area (Å²) < 4.78 is 0. The molecule has 0 saturated carbocycles. The van der Waals surface area contributed by atoms with E-state index in [0.29, 0.717) is 6.42 Å². The largest absolute Gasteiger partial charge is 0.349 e. The molecule has 1 aliphatic heterocycles. The molecular formula is C13H12N2OS. The van der Waals surface area contributed by atoms with Crippen molar-refractivity contribution in [3.8, 4) is 0 Å². The van der Waals surface area contributed by atoms with Gasteiger partial charge in [-0.25, -0.2) is 0 Å². The Balaban J connectivity index is 1.95. The molecule has 1 amide bonds. The van der Waals surface area contributed by atoms with Crippen molar-refractivity contribution in [2.24, 2.45) is 0 Å². The van der Waals surface area contributed by atoms with Crippen molar-refractivity contribution in [3.05, 3.63) is 52.5 Å². The zero-order valence-corrected chi connectivity index (χ0v) is 9.98. The number of carbonyl (C=O) groups is 1. The predicted molar refractivity (Wildman–Crippen MR) is 66.8 cm³/mol. The molecule has 0 radical (unpaired) electrons. The lowest BCUT2D eigenvalue weighted by atomic mass is 9.94. The molecule has 1 N–H and O–H groups in total. The van der Waals surface area contributed by atoms with Crippen LogP contribution in [-0.4, -0.2) is 10.9 Å². The van der Waals surface area contributed by atoms with Crippen molar-refractivity contribution in [1.82, 2.24) is 10.3 Å². The average molecular weight is 244 g/mol. The molecule has 4 heteroatoms. The van der Waals surface area contributed by atoms with Crippen molar-refractivity contribution in [2.45, 2.75) is 18.4 Å². The van der Waals surface area contributed by atoms with Gasteiger partial charge in [-0.15, -0.1) is 11.3 Å². The summed E-state index contributed by atoms with van der Waals surface area (Å²) in [4.78, 5) is 17.0. The first kappa shape index (κ1) is 10.5. The third kappa shape index (κ3) is 1.96. The number of carbonyl (C=O) groups excluding carboxylic acids is 1. The second-order valence-electron chi connectivity index (χ2n) is 4.16. The summed E-state index contributed by atoms with van der Waals surface area (Å²) in [5, 5.41) is 5.09. The van der Waals surface area contributed by atoms with Gasteiger partial charge in [0.05, 0.1) is 6.04 Å². The molecule has 3 heterocycles. The van der Waals surface area contributed by atoms with Crippen LogP contribution in [0, 0.1) is 0 Å². The lowest BCUT2D eigenvalue weighted by molar-refractivity contribution is -0.119. The number of nitrogens with one attached hydrogen (secondary N) is 1. The molecule has 0 unspecified atom stereocenters. The zero-order chi connectivity index (χ0) is 11.7. The molecule has 17 heavy (non-hydrogen) atoms. The summed E-state index contributed by atoms with van der Waals surface area (Å²) in [6, 6.07) is 8.12. The fraction of sp³-hybridized carbons (Fsp3) is 0.231. The Bertz CT molecular complexity index is 509. The first-order chi connectivity index (χ1) is 8.34. The summed E-state index contributed by atoms with van der Waals surface area (Å²) in [6.45, 7) is 0. The maximum Gasteiger partial charge on any atom is 0.221 e. The molecule has 2 aromatic heterocycles. The van der Waals surface area contributed by atoms with Gasteiger partial charge in [0, 0.05) is 29.6 Å². The Morgan fingerprint density at radius 3 is 3.00 bits per heavy atom. The lowest BCUT2D eigenvalue weighted by Gasteiger charge is -2.17. The van der Waals surface area contributed by atoms with Crippen LogP contribution in [-0.2, 0) is 4.79 Å². The van der Waals surface area contributed by atoms with Gasteiger partial charge in [0.15, 0.2) is 0 Å². The predicted octanol–water partition coefficient (Wildman–Crippen LogP) is 2.49. The highest BCUT2D eigenvalue weighted by Crippen LogP contribution is 2.39. The van der Waals surface area contributed by atoms with Crippen LogP contribution in [0.3, 0.4) is 0 Å². The van der Waals surface area contributed by atoms with Crippen LogP contribution in [0.5, 0.6) is 0 Å². The monoisotopic (exact) mass is 244 g/mol. The normalized spacial score (nSPS) is 23.6. The number of aromatic nitrogens is 1. The standard InChI is InChI=1S/C13H12N2OS/c16-12-7-10(11-4-2-6-17-11)13(15-12)9-3-1-5-14-8-9/h1-6,8,10,13H,7H2,(H,15,16)/t10-,13-/m1/s1. The van der Waals surface area contributed by atoms with Crippen molar-refractivity contribution in [2.75, 3.05) is 0 Å². The SMILES string of the molecule is O=C1C[C@H](c2cccs2)[C@@H](c2cccnc2)N1. The average Bonchev–Trinajstić information content (AvgIpc) is 2.98. The number of rotatable bonds is 2. The number of pyridine rings is 1. The second-order valence-corrected chi connectivity index (χ2v) is 5.14. The molecule has 1 fully saturated rings. The van der Waals surface area contributed by atoms with Gasteiger partial charge in [-0.2, -0.15) is 0 Å². The number of hydrogen-bond donors (Lipinski definition) is 1. The molecule has 0 aliphatic carbocycles. The van der Waals surface area contributed by atoms with Gasteiger partial charge in [-0.3, -0.25) is 9.78 Å². The van der Waals surface area contributed by atoms with Gasteiger partial charge in [0.25, 0.3) is 0 Å². The second kappa shape index (κ2) is 4.30. The first-order valence-electron chi connectivity index (χ1n) is 5.57. The summed E-state index contributed by atoms with van der Waals surface area (Å²) in [5.74, 6) is 0.365. The van der Waals surface area contributed by atoms with Gasteiger partial charge in [0.1, 0.15) is 0 Å². The Morgan fingerprint density at radius 2 is 2.29 bits per heavy atom. The van der Waals surface area contributed by atoms with Gasteiger partial charge < -0.3 is 5.32 Å². The van der Waals surface area contributed by atoms with Crippen molar-refractivity contribution in [1.29, 1.82) is 0 Å². The fourth-order valence-corrected chi connectivity index (χ4v) is 3.16. The van der Waals surface area contributed by atoms with Crippen molar-refractivity contribution < 1.29 is 4.79 Å². The Labute approximate surface area is 104 Å². The molecule has 1 aliphatic rings. The van der Waals surface area contributed by atoms with E-state index in [2.05, 4.69) is 21.7 Å². The highest BCUT2D eigenvalue weighted by molar-refractivity contribution is 7.10. The molecule has 2 aromatic rings. The van der Waals surface area contributed by atoms with Gasteiger partial charge in [0.2, 0.25) is 5.91 Å². The molecule has 3 nitrogen and oxygen atoms in total. The van der Waals surface area contributed by atoms with Crippen LogP contribution >= 0.6 is 11.3 Å². The molecule has 1 saturated heterocycles. The minimum Gasteiger partial charge on any atom is -0.349 e. The molecule has 86 valence electrons. The van der Waals surface area contributed by atoms with E-state index in [1.165, 1.54) is 4.88 Å². The third-order valence-electron chi connectivity index (χ3n) is 3.08. The highest BCUT2D eigenvalue weighted by Gasteiger charge is 2.35. The van der Waals surface area contributed by atoms with E-state index in [1.807, 2.05) is 24.4 Å². The minimum absolute atomic E-state index is 0.0647. The number of thiophene rings is 1.